The fraction of sp³-hybridized carbons (Fsp3) is 0.368. The number of hydrogen-bond acceptors (Lipinski definition) is 6. The Labute approximate surface area is 170 Å². The molecule has 1 aromatic carbocycles. The van der Waals surface area contributed by atoms with Crippen molar-refractivity contribution >= 4 is 46.0 Å². The molecule has 0 aliphatic carbocycles. The minimum absolute atomic E-state index is 0.111. The predicted molar refractivity (Wildman–Crippen MR) is 109 cm³/mol. The summed E-state index contributed by atoms with van der Waals surface area (Å²) in [6.45, 7) is 4.16. The summed E-state index contributed by atoms with van der Waals surface area (Å²) in [4.78, 5) is 43.5. The lowest BCUT2D eigenvalue weighted by molar-refractivity contribution is -0.126. The largest absolute Gasteiger partial charge is 0.354 e. The Bertz CT molecular complexity index is 929. The van der Waals surface area contributed by atoms with E-state index < -0.39 is 10.8 Å². The summed E-state index contributed by atoms with van der Waals surface area (Å²) in [5.41, 5.74) is 1.62. The molecule has 0 radical (unpaired) electrons. The van der Waals surface area contributed by atoms with E-state index in [0.717, 1.165) is 5.56 Å². The van der Waals surface area contributed by atoms with Crippen molar-refractivity contribution in [3.05, 3.63) is 47.0 Å². The van der Waals surface area contributed by atoms with Crippen molar-refractivity contribution in [1.29, 1.82) is 0 Å². The fourth-order valence-corrected chi connectivity index (χ4v) is 5.80. The van der Waals surface area contributed by atoms with Crippen LogP contribution < -0.4 is 10.6 Å². The van der Waals surface area contributed by atoms with E-state index in [-0.39, 0.29) is 36.1 Å². The highest BCUT2D eigenvalue weighted by Crippen LogP contribution is 2.56. The van der Waals surface area contributed by atoms with Gasteiger partial charge in [0.05, 0.1) is 0 Å². The second-order valence-corrected chi connectivity index (χ2v) is 9.83. The second-order valence-electron chi connectivity index (χ2n) is 7.20. The van der Waals surface area contributed by atoms with Crippen molar-refractivity contribution in [1.82, 2.24) is 15.2 Å². The summed E-state index contributed by atoms with van der Waals surface area (Å²) >= 11 is 2.96. The Balaban J connectivity index is 1.41. The van der Waals surface area contributed by atoms with Gasteiger partial charge in [0.2, 0.25) is 11.8 Å². The van der Waals surface area contributed by atoms with E-state index in [4.69, 9.17) is 0 Å². The van der Waals surface area contributed by atoms with Gasteiger partial charge in [-0.2, -0.15) is 0 Å². The highest BCUT2D eigenvalue weighted by atomic mass is 32.2. The quantitative estimate of drug-likeness (QED) is 0.782. The third kappa shape index (κ3) is 3.29. The van der Waals surface area contributed by atoms with Crippen LogP contribution in [0.15, 0.2) is 35.8 Å². The van der Waals surface area contributed by atoms with Crippen LogP contribution in [0.5, 0.6) is 0 Å². The summed E-state index contributed by atoms with van der Waals surface area (Å²) in [6, 6.07) is 6.91. The molecule has 2 aliphatic heterocycles. The number of benzene rings is 1. The number of nitrogens with zero attached hydrogens (tertiary/aromatic N) is 2. The minimum Gasteiger partial charge on any atom is -0.354 e. The number of aromatic nitrogens is 1. The first-order valence-corrected chi connectivity index (χ1v) is 10.7. The number of anilines is 1. The number of thiazole rings is 1. The molecule has 0 spiro atoms. The molecule has 2 atom stereocenters. The third-order valence-electron chi connectivity index (χ3n) is 4.87. The van der Waals surface area contributed by atoms with Crippen LogP contribution in [0.25, 0.3) is 0 Å². The molecular formula is C19H20N4O3S2. The molecule has 2 N–H and O–H groups in total. The first-order valence-electron chi connectivity index (χ1n) is 8.95. The molecule has 1 fully saturated rings. The average molecular weight is 417 g/mol. The number of carbonyl (C=O) groups excluding carboxylic acids is 3. The van der Waals surface area contributed by atoms with Crippen LogP contribution in [0.4, 0.5) is 5.13 Å². The number of rotatable bonds is 5. The summed E-state index contributed by atoms with van der Waals surface area (Å²) in [6.07, 6.45) is 1.76. The van der Waals surface area contributed by atoms with E-state index in [1.165, 1.54) is 11.3 Å². The van der Waals surface area contributed by atoms with E-state index >= 15 is 0 Å². The molecule has 4 rings (SSSR count). The zero-order valence-electron chi connectivity index (χ0n) is 15.5. The van der Waals surface area contributed by atoms with Gasteiger partial charge in [-0.25, -0.2) is 4.98 Å². The van der Waals surface area contributed by atoms with Crippen LogP contribution in [0.1, 0.15) is 41.6 Å². The SMILES string of the molecule is CC1(C)SC2c3ccccc3C(=O)N2[C@@H]1C(=O)NCCC(=O)Nc1nccs1. The number of fused-ring (bicyclic) bond motifs is 3. The normalized spacial score (nSPS) is 21.9. The van der Waals surface area contributed by atoms with Crippen LogP contribution in [0.3, 0.4) is 0 Å². The van der Waals surface area contributed by atoms with Crippen molar-refractivity contribution in [2.75, 3.05) is 11.9 Å². The standard InChI is InChI=1S/C19H20N4O3S2/c1-19(2)14(15(25)20-8-7-13(24)22-18-21-9-10-27-18)23-16(26)11-5-3-4-6-12(11)17(23)28-19/h3-6,9-10,14,17H,7-8H2,1-2H3,(H,20,25)(H,21,22,24)/t14-,17?/m1/s1. The van der Waals surface area contributed by atoms with Crippen molar-refractivity contribution < 1.29 is 14.4 Å². The van der Waals surface area contributed by atoms with Crippen LogP contribution >= 0.6 is 23.1 Å². The molecular weight excluding hydrogens is 396 g/mol. The van der Waals surface area contributed by atoms with Crippen LogP contribution in [-0.2, 0) is 9.59 Å². The Morgan fingerprint density at radius 1 is 1.29 bits per heavy atom. The fourth-order valence-electron chi connectivity index (χ4n) is 3.67. The van der Waals surface area contributed by atoms with Crippen LogP contribution in [0.2, 0.25) is 0 Å². The van der Waals surface area contributed by atoms with Gasteiger partial charge in [-0.15, -0.1) is 23.1 Å². The van der Waals surface area contributed by atoms with Crippen molar-refractivity contribution in [2.45, 2.75) is 36.4 Å². The number of hydrogen-bond donors (Lipinski definition) is 2. The molecule has 0 bridgehead atoms. The van der Waals surface area contributed by atoms with Gasteiger partial charge in [-0.3, -0.25) is 14.4 Å². The number of nitrogens with one attached hydrogen (secondary N) is 2. The molecule has 2 aliphatic rings. The lowest BCUT2D eigenvalue weighted by Gasteiger charge is -2.29. The van der Waals surface area contributed by atoms with E-state index in [9.17, 15) is 14.4 Å². The molecule has 28 heavy (non-hydrogen) atoms. The summed E-state index contributed by atoms with van der Waals surface area (Å²) in [7, 11) is 0. The predicted octanol–water partition coefficient (Wildman–Crippen LogP) is 2.64. The molecule has 0 saturated carbocycles. The second kappa shape index (κ2) is 7.21. The number of thioether (sulfide) groups is 1. The Morgan fingerprint density at radius 2 is 2.07 bits per heavy atom. The van der Waals surface area contributed by atoms with E-state index in [2.05, 4.69) is 15.6 Å². The van der Waals surface area contributed by atoms with E-state index in [1.807, 2.05) is 38.1 Å². The van der Waals surface area contributed by atoms with Gasteiger partial charge >= 0.3 is 0 Å². The van der Waals surface area contributed by atoms with Gasteiger partial charge in [0.15, 0.2) is 5.13 Å². The van der Waals surface area contributed by atoms with Crippen LogP contribution in [0, 0.1) is 0 Å². The highest BCUT2D eigenvalue weighted by molar-refractivity contribution is 8.01. The topological polar surface area (TPSA) is 91.4 Å². The molecule has 7 nitrogen and oxygen atoms in total. The summed E-state index contributed by atoms with van der Waals surface area (Å²) in [5.74, 6) is -0.554. The first kappa shape index (κ1) is 18.9. The lowest BCUT2D eigenvalue weighted by atomic mass is 10.0. The Morgan fingerprint density at radius 3 is 2.82 bits per heavy atom. The molecule has 146 valence electrons. The zero-order chi connectivity index (χ0) is 19.9. The Hall–Kier alpha value is -2.39. The number of amides is 3. The summed E-state index contributed by atoms with van der Waals surface area (Å²) < 4.78 is -0.429. The molecule has 3 amide bonds. The molecule has 1 aromatic heterocycles. The molecule has 2 aromatic rings. The molecule has 1 saturated heterocycles. The van der Waals surface area contributed by atoms with E-state index in [0.29, 0.717) is 10.7 Å². The Kier molecular flexibility index (Phi) is 4.88. The van der Waals surface area contributed by atoms with Crippen molar-refractivity contribution in [3.63, 3.8) is 0 Å². The van der Waals surface area contributed by atoms with E-state index in [1.54, 1.807) is 28.2 Å². The van der Waals surface area contributed by atoms with Gasteiger partial charge < -0.3 is 15.5 Å². The summed E-state index contributed by atoms with van der Waals surface area (Å²) in [5, 5.41) is 7.67. The maximum atomic E-state index is 12.9. The third-order valence-corrected chi connectivity index (χ3v) is 7.10. The molecule has 3 heterocycles. The smallest absolute Gasteiger partial charge is 0.256 e. The maximum Gasteiger partial charge on any atom is 0.256 e. The van der Waals surface area contributed by atoms with Crippen molar-refractivity contribution in [2.24, 2.45) is 0 Å². The van der Waals surface area contributed by atoms with Gasteiger partial charge in [0.1, 0.15) is 11.4 Å². The first-order chi connectivity index (χ1) is 13.4. The highest BCUT2D eigenvalue weighted by Gasteiger charge is 2.57. The van der Waals surface area contributed by atoms with Crippen LogP contribution in [-0.4, -0.2) is 44.9 Å². The van der Waals surface area contributed by atoms with Gasteiger partial charge in [-0.1, -0.05) is 18.2 Å². The van der Waals surface area contributed by atoms with Gasteiger partial charge in [-0.05, 0) is 25.5 Å². The zero-order valence-corrected chi connectivity index (χ0v) is 17.1. The molecule has 9 heteroatoms. The van der Waals surface area contributed by atoms with Gasteiger partial charge in [0, 0.05) is 34.9 Å². The monoisotopic (exact) mass is 416 g/mol. The maximum absolute atomic E-state index is 12.9. The van der Waals surface area contributed by atoms with Gasteiger partial charge in [0.25, 0.3) is 5.91 Å². The van der Waals surface area contributed by atoms with Crippen molar-refractivity contribution in [3.8, 4) is 0 Å². The average Bonchev–Trinajstić information content (AvgIpc) is 3.31. The lowest BCUT2D eigenvalue weighted by Crippen LogP contribution is -2.52. The number of carbonyl (C=O) groups is 3. The molecule has 1 unspecified atom stereocenters. The minimum atomic E-state index is -0.593.